The summed E-state index contributed by atoms with van der Waals surface area (Å²) in [6.07, 6.45) is 0.663. The van der Waals surface area contributed by atoms with Crippen LogP contribution in [0.2, 0.25) is 0 Å². The van der Waals surface area contributed by atoms with Crippen LogP contribution in [0.5, 0.6) is 0 Å². The van der Waals surface area contributed by atoms with Gasteiger partial charge in [-0.1, -0.05) is 0 Å². The molecule has 4 nitrogen and oxygen atoms in total. The Morgan fingerprint density at radius 1 is 1.90 bits per heavy atom. The van der Waals surface area contributed by atoms with Crippen LogP contribution in [0.1, 0.15) is 6.42 Å². The summed E-state index contributed by atoms with van der Waals surface area (Å²) >= 11 is 0. The fourth-order valence-corrected chi connectivity index (χ4v) is 0.816. The van der Waals surface area contributed by atoms with Crippen molar-refractivity contribution in [1.82, 2.24) is 5.32 Å². The van der Waals surface area contributed by atoms with Gasteiger partial charge in [0.15, 0.2) is 0 Å². The molecule has 0 aromatic heterocycles. The molecule has 0 saturated carbocycles. The normalized spacial score (nSPS) is 18.5. The summed E-state index contributed by atoms with van der Waals surface area (Å²) < 4.78 is 0. The quantitative estimate of drug-likeness (QED) is 0.396. The van der Waals surface area contributed by atoms with Gasteiger partial charge in [0.25, 0.3) is 0 Å². The van der Waals surface area contributed by atoms with E-state index in [1.165, 1.54) is 0 Å². The van der Waals surface area contributed by atoms with Gasteiger partial charge < -0.3 is 11.1 Å². The first kappa shape index (κ1) is 7.05. The molecule has 0 radical (unpaired) electrons. The summed E-state index contributed by atoms with van der Waals surface area (Å²) in [5.74, 6) is 1.59. The van der Waals surface area contributed by atoms with Crippen LogP contribution in [0.25, 0.3) is 0 Å². The maximum Gasteiger partial charge on any atom is 0.104 e. The number of hydrogen-bond donors (Lipinski definition) is 2. The molecule has 0 aromatic rings. The molecule has 0 bridgehead atoms. The van der Waals surface area contributed by atoms with Crippen molar-refractivity contribution in [1.29, 1.82) is 0 Å². The number of rotatable bonds is 2. The second-order valence-corrected chi connectivity index (χ2v) is 2.15. The smallest absolute Gasteiger partial charge is 0.104 e. The highest BCUT2D eigenvalue weighted by molar-refractivity contribution is 6.02. The molecule has 10 heavy (non-hydrogen) atoms. The average Bonchev–Trinajstić information content (AvgIpc) is 2.40. The molecule has 0 spiro atoms. The molecule has 0 aromatic carbocycles. The van der Waals surface area contributed by atoms with Crippen LogP contribution >= 0.6 is 0 Å². The van der Waals surface area contributed by atoms with Gasteiger partial charge in [0, 0.05) is 13.6 Å². The average molecular weight is 140 g/mol. The van der Waals surface area contributed by atoms with Gasteiger partial charge in [-0.25, -0.2) is 0 Å². The van der Waals surface area contributed by atoms with Gasteiger partial charge in [-0.05, 0) is 0 Å². The van der Waals surface area contributed by atoms with Gasteiger partial charge in [0.1, 0.15) is 11.7 Å². The molecule has 0 aliphatic carbocycles. The minimum absolute atomic E-state index is 0.633. The minimum Gasteiger partial charge on any atom is -0.387 e. The first-order valence-electron chi connectivity index (χ1n) is 3.31. The maximum atomic E-state index is 5.48. The summed E-state index contributed by atoms with van der Waals surface area (Å²) in [5.41, 5.74) is 5.48. The van der Waals surface area contributed by atoms with Crippen molar-refractivity contribution < 1.29 is 0 Å². The summed E-state index contributed by atoms with van der Waals surface area (Å²) in [4.78, 5) is 7.99. The van der Waals surface area contributed by atoms with E-state index in [0.717, 1.165) is 18.9 Å². The van der Waals surface area contributed by atoms with Crippen molar-refractivity contribution in [2.75, 3.05) is 20.1 Å². The highest BCUT2D eigenvalue weighted by Crippen LogP contribution is 1.90. The monoisotopic (exact) mass is 140 g/mol. The number of hydrogen-bond acceptors (Lipinski definition) is 3. The lowest BCUT2D eigenvalue weighted by atomic mass is 10.4. The number of nitrogens with zero attached hydrogens (tertiary/aromatic N) is 2. The van der Waals surface area contributed by atoms with E-state index in [9.17, 15) is 0 Å². The van der Waals surface area contributed by atoms with Crippen LogP contribution in [-0.4, -0.2) is 31.8 Å². The Morgan fingerprint density at radius 2 is 2.70 bits per heavy atom. The molecule has 0 atom stereocenters. The van der Waals surface area contributed by atoms with E-state index in [1.807, 2.05) is 0 Å². The first-order valence-corrected chi connectivity index (χ1v) is 3.31. The van der Waals surface area contributed by atoms with Crippen molar-refractivity contribution in [3.63, 3.8) is 0 Å². The number of nitrogens with two attached hydrogens (primary N) is 1. The van der Waals surface area contributed by atoms with Crippen LogP contribution < -0.4 is 11.1 Å². The van der Waals surface area contributed by atoms with Gasteiger partial charge in [-0.3, -0.25) is 9.98 Å². The largest absolute Gasteiger partial charge is 0.387 e. The van der Waals surface area contributed by atoms with E-state index in [0.29, 0.717) is 12.3 Å². The molecule has 0 saturated heterocycles. The molecule has 0 amide bonds. The van der Waals surface area contributed by atoms with E-state index >= 15 is 0 Å². The van der Waals surface area contributed by atoms with E-state index < -0.39 is 0 Å². The Balaban J connectivity index is 2.38. The summed E-state index contributed by atoms with van der Waals surface area (Å²) in [6, 6.07) is 0. The van der Waals surface area contributed by atoms with Crippen LogP contribution in [0.3, 0.4) is 0 Å². The molecule has 3 N–H and O–H groups in total. The zero-order valence-electron chi connectivity index (χ0n) is 6.09. The van der Waals surface area contributed by atoms with Gasteiger partial charge >= 0.3 is 0 Å². The Morgan fingerprint density at radius 3 is 3.20 bits per heavy atom. The maximum absolute atomic E-state index is 5.48. The van der Waals surface area contributed by atoms with Gasteiger partial charge in [-0.15, -0.1) is 0 Å². The second-order valence-electron chi connectivity index (χ2n) is 2.15. The van der Waals surface area contributed by atoms with E-state index in [2.05, 4.69) is 15.3 Å². The Labute approximate surface area is 60.2 Å². The van der Waals surface area contributed by atoms with Crippen molar-refractivity contribution in [3.8, 4) is 0 Å². The van der Waals surface area contributed by atoms with Crippen LogP contribution in [0, 0.1) is 0 Å². The first-order chi connectivity index (χ1) is 4.83. The predicted molar refractivity (Wildman–Crippen MR) is 42.5 cm³/mol. The van der Waals surface area contributed by atoms with Crippen LogP contribution in [0.4, 0.5) is 0 Å². The number of nitrogens with one attached hydrogen (secondary N) is 1. The van der Waals surface area contributed by atoms with Crippen LogP contribution in [-0.2, 0) is 0 Å². The Kier molecular flexibility index (Phi) is 2.25. The molecular weight excluding hydrogens is 128 g/mol. The van der Waals surface area contributed by atoms with E-state index in [4.69, 9.17) is 5.73 Å². The predicted octanol–water partition coefficient (Wildman–Crippen LogP) is -0.635. The molecular formula is C6H12N4. The number of amidine groups is 2. The molecule has 1 rings (SSSR count). The van der Waals surface area contributed by atoms with Gasteiger partial charge in [-0.2, -0.15) is 0 Å². The Bertz CT molecular complexity index is 171. The van der Waals surface area contributed by atoms with Crippen molar-refractivity contribution in [3.05, 3.63) is 0 Å². The third-order valence-corrected chi connectivity index (χ3v) is 1.38. The lowest BCUT2D eigenvalue weighted by molar-refractivity contribution is 0.956. The van der Waals surface area contributed by atoms with Crippen molar-refractivity contribution >= 4 is 11.7 Å². The standard InChI is InChI=1S/C6H12N4/c1-8-5(7)4-6-9-2-3-10-6/h2-4H2,1H3,(H2,7,8)(H,9,10). The highest BCUT2D eigenvalue weighted by Gasteiger charge is 2.05. The summed E-state index contributed by atoms with van der Waals surface area (Å²) in [6.45, 7) is 1.80. The zero-order chi connectivity index (χ0) is 7.40. The summed E-state index contributed by atoms with van der Waals surface area (Å²) in [7, 11) is 1.69. The van der Waals surface area contributed by atoms with Gasteiger partial charge in [0.05, 0.1) is 13.0 Å². The van der Waals surface area contributed by atoms with E-state index in [1.54, 1.807) is 7.05 Å². The fourth-order valence-electron chi connectivity index (χ4n) is 0.816. The third-order valence-electron chi connectivity index (χ3n) is 1.38. The minimum atomic E-state index is 0.633. The van der Waals surface area contributed by atoms with Crippen molar-refractivity contribution in [2.45, 2.75) is 6.42 Å². The Hall–Kier alpha value is -1.06. The molecule has 1 aliphatic heterocycles. The molecule has 1 aliphatic rings. The van der Waals surface area contributed by atoms with E-state index in [-0.39, 0.29) is 0 Å². The van der Waals surface area contributed by atoms with Crippen LogP contribution in [0.15, 0.2) is 9.98 Å². The van der Waals surface area contributed by atoms with Crippen molar-refractivity contribution in [2.24, 2.45) is 15.7 Å². The third kappa shape index (κ3) is 1.72. The fraction of sp³-hybridized carbons (Fsp3) is 0.667. The molecule has 56 valence electrons. The second kappa shape index (κ2) is 3.20. The lowest BCUT2D eigenvalue weighted by Crippen LogP contribution is -2.25. The molecule has 0 unspecified atom stereocenters. The number of aliphatic imine (C=N–C) groups is 2. The topological polar surface area (TPSA) is 62.8 Å². The SMILES string of the molecule is CN=C(N)CC1=NCCN1. The molecule has 0 fully saturated rings. The molecule has 4 heteroatoms. The van der Waals surface area contributed by atoms with Gasteiger partial charge in [0.2, 0.25) is 0 Å². The zero-order valence-corrected chi connectivity index (χ0v) is 6.09. The molecule has 1 heterocycles. The highest BCUT2D eigenvalue weighted by atomic mass is 15.1. The summed E-state index contributed by atoms with van der Waals surface area (Å²) in [5, 5.41) is 3.11. The lowest BCUT2D eigenvalue weighted by Gasteiger charge is -1.99.